The molecule has 1 aromatic carbocycles. The molecule has 76 valence electrons. The van der Waals surface area contributed by atoms with Crippen LogP contribution in [0.25, 0.3) is 0 Å². The van der Waals surface area contributed by atoms with Gasteiger partial charge in [-0.1, -0.05) is 0 Å². The summed E-state index contributed by atoms with van der Waals surface area (Å²) >= 11 is 3.00. The topological polar surface area (TPSA) is 52.3 Å². The van der Waals surface area contributed by atoms with Crippen molar-refractivity contribution in [3.05, 3.63) is 28.0 Å². The Morgan fingerprint density at radius 3 is 2.79 bits per heavy atom. The Bertz CT molecular complexity index is 368. The van der Waals surface area contributed by atoms with Gasteiger partial charge in [0.1, 0.15) is 11.6 Å². The first-order valence-corrected chi connectivity index (χ1v) is 4.66. The van der Waals surface area contributed by atoms with Crippen molar-refractivity contribution in [2.75, 3.05) is 13.7 Å². The van der Waals surface area contributed by atoms with E-state index in [1.165, 1.54) is 19.2 Å². The molecule has 1 rings (SSSR count). The number of ether oxygens (including phenoxy) is 1. The van der Waals surface area contributed by atoms with Crippen molar-refractivity contribution in [2.45, 2.75) is 0 Å². The predicted molar refractivity (Wildman–Crippen MR) is 54.0 cm³/mol. The highest BCUT2D eigenvalue weighted by molar-refractivity contribution is 9.10. The number of carbonyl (C=O) groups excluding carboxylic acids is 1. The van der Waals surface area contributed by atoms with E-state index in [1.54, 1.807) is 0 Å². The molecule has 0 bridgehead atoms. The monoisotopic (exact) mass is 261 g/mol. The van der Waals surface area contributed by atoms with Crippen molar-refractivity contribution in [2.24, 2.45) is 5.73 Å². The van der Waals surface area contributed by atoms with Gasteiger partial charge in [0.15, 0.2) is 5.78 Å². The predicted octanol–water partition coefficient (Wildman–Crippen LogP) is 1.74. The largest absolute Gasteiger partial charge is 0.495 e. The van der Waals surface area contributed by atoms with Crippen molar-refractivity contribution in [1.29, 1.82) is 0 Å². The van der Waals surface area contributed by atoms with Gasteiger partial charge in [0, 0.05) is 0 Å². The molecular weight excluding hydrogens is 253 g/mol. The molecule has 0 aliphatic heterocycles. The molecule has 0 unspecified atom stereocenters. The maximum atomic E-state index is 13.0. The van der Waals surface area contributed by atoms with Crippen molar-refractivity contribution >= 4 is 21.7 Å². The molecule has 0 aliphatic carbocycles. The Morgan fingerprint density at radius 2 is 2.29 bits per heavy atom. The Hall–Kier alpha value is -0.940. The van der Waals surface area contributed by atoms with E-state index in [0.29, 0.717) is 0 Å². The minimum atomic E-state index is -0.476. The van der Waals surface area contributed by atoms with E-state index in [9.17, 15) is 9.18 Å². The average Bonchev–Trinajstić information content (AvgIpc) is 2.20. The van der Waals surface area contributed by atoms with Gasteiger partial charge in [0.2, 0.25) is 0 Å². The second kappa shape index (κ2) is 4.52. The van der Waals surface area contributed by atoms with Gasteiger partial charge in [-0.25, -0.2) is 4.39 Å². The summed E-state index contributed by atoms with van der Waals surface area (Å²) < 4.78 is 18.1. The molecule has 1 aromatic rings. The molecule has 0 saturated heterocycles. The molecule has 0 radical (unpaired) electrons. The van der Waals surface area contributed by atoms with Crippen LogP contribution in [0.15, 0.2) is 16.6 Å². The number of benzene rings is 1. The lowest BCUT2D eigenvalue weighted by molar-refractivity contribution is 0.0998. The SMILES string of the molecule is COc1c(C(=O)CN)ccc(F)c1Br. The summed E-state index contributed by atoms with van der Waals surface area (Å²) in [6.07, 6.45) is 0. The average molecular weight is 262 g/mol. The number of Topliss-reactive ketones (excluding diaryl/α,β-unsaturated/α-hetero) is 1. The van der Waals surface area contributed by atoms with Crippen LogP contribution in [0.4, 0.5) is 4.39 Å². The molecule has 0 aliphatic rings. The summed E-state index contributed by atoms with van der Waals surface area (Å²) in [5.74, 6) is -0.585. The first-order valence-electron chi connectivity index (χ1n) is 3.87. The number of carbonyl (C=O) groups is 1. The first-order chi connectivity index (χ1) is 6.61. The smallest absolute Gasteiger partial charge is 0.180 e. The van der Waals surface area contributed by atoms with Crippen LogP contribution in [0.1, 0.15) is 10.4 Å². The Balaban J connectivity index is 3.31. The number of hydrogen-bond acceptors (Lipinski definition) is 3. The number of rotatable bonds is 3. The van der Waals surface area contributed by atoms with Gasteiger partial charge in [0.25, 0.3) is 0 Å². The van der Waals surface area contributed by atoms with Crippen LogP contribution in [0.2, 0.25) is 0 Å². The number of nitrogens with two attached hydrogens (primary N) is 1. The van der Waals surface area contributed by atoms with Crippen LogP contribution in [0, 0.1) is 5.82 Å². The summed E-state index contributed by atoms with van der Waals surface area (Å²) in [5, 5.41) is 0. The highest BCUT2D eigenvalue weighted by Gasteiger charge is 2.16. The minimum absolute atomic E-state index is 0.131. The minimum Gasteiger partial charge on any atom is -0.495 e. The first kappa shape index (κ1) is 11.1. The summed E-state index contributed by atoms with van der Waals surface area (Å²) in [6, 6.07) is 2.55. The van der Waals surface area contributed by atoms with Crippen molar-refractivity contribution in [3.63, 3.8) is 0 Å². The zero-order valence-electron chi connectivity index (χ0n) is 7.51. The van der Waals surface area contributed by atoms with Crippen molar-refractivity contribution in [1.82, 2.24) is 0 Å². The van der Waals surface area contributed by atoms with E-state index in [4.69, 9.17) is 10.5 Å². The third-order valence-corrected chi connectivity index (χ3v) is 2.48. The van der Waals surface area contributed by atoms with E-state index < -0.39 is 5.82 Å². The number of ketones is 1. The standard InChI is InChI=1S/C9H9BrFNO2/c1-14-9-5(7(13)4-12)2-3-6(11)8(9)10/h2-3H,4,12H2,1H3. The number of halogens is 2. The summed E-state index contributed by atoms with van der Waals surface area (Å²) in [7, 11) is 1.37. The maximum Gasteiger partial charge on any atom is 0.180 e. The lowest BCUT2D eigenvalue weighted by Gasteiger charge is -2.08. The molecule has 5 heteroatoms. The second-order valence-electron chi connectivity index (χ2n) is 2.57. The number of hydrogen-bond donors (Lipinski definition) is 1. The highest BCUT2D eigenvalue weighted by atomic mass is 79.9. The molecule has 0 saturated carbocycles. The fourth-order valence-electron chi connectivity index (χ4n) is 1.06. The van der Waals surface area contributed by atoms with Gasteiger partial charge in [-0.2, -0.15) is 0 Å². The molecule has 2 N–H and O–H groups in total. The van der Waals surface area contributed by atoms with Gasteiger partial charge >= 0.3 is 0 Å². The Labute approximate surface area is 89.2 Å². The maximum absolute atomic E-state index is 13.0. The molecule has 0 heterocycles. The Kier molecular flexibility index (Phi) is 3.60. The van der Waals surface area contributed by atoms with Crippen molar-refractivity contribution < 1.29 is 13.9 Å². The molecule has 14 heavy (non-hydrogen) atoms. The van der Waals surface area contributed by atoms with E-state index in [1.807, 2.05) is 0 Å². The molecule has 3 nitrogen and oxygen atoms in total. The summed E-state index contributed by atoms with van der Waals surface area (Å²) in [5.41, 5.74) is 5.48. The van der Waals surface area contributed by atoms with Gasteiger partial charge in [-0.3, -0.25) is 4.79 Å². The van der Waals surface area contributed by atoms with E-state index in [-0.39, 0.29) is 28.1 Å². The summed E-state index contributed by atoms with van der Waals surface area (Å²) in [4.78, 5) is 11.3. The molecule has 0 fully saturated rings. The van der Waals surface area contributed by atoms with Crippen LogP contribution in [-0.2, 0) is 0 Å². The molecule has 0 spiro atoms. The van der Waals surface area contributed by atoms with E-state index in [2.05, 4.69) is 15.9 Å². The Morgan fingerprint density at radius 1 is 1.64 bits per heavy atom. The van der Waals surface area contributed by atoms with Gasteiger partial charge in [-0.15, -0.1) is 0 Å². The van der Waals surface area contributed by atoms with Gasteiger partial charge in [-0.05, 0) is 28.1 Å². The molecule has 0 atom stereocenters. The lowest BCUT2D eigenvalue weighted by atomic mass is 10.1. The zero-order valence-corrected chi connectivity index (χ0v) is 9.10. The van der Waals surface area contributed by atoms with Gasteiger partial charge in [0.05, 0.1) is 23.7 Å². The van der Waals surface area contributed by atoms with Crippen molar-refractivity contribution in [3.8, 4) is 5.75 Å². The van der Waals surface area contributed by atoms with E-state index in [0.717, 1.165) is 0 Å². The van der Waals surface area contributed by atoms with Crippen LogP contribution < -0.4 is 10.5 Å². The normalized spacial score (nSPS) is 10.0. The lowest BCUT2D eigenvalue weighted by Crippen LogP contribution is -2.14. The third kappa shape index (κ3) is 1.93. The molecule has 0 amide bonds. The van der Waals surface area contributed by atoms with Crippen LogP contribution in [-0.4, -0.2) is 19.4 Å². The molecular formula is C9H9BrFNO2. The van der Waals surface area contributed by atoms with Gasteiger partial charge < -0.3 is 10.5 Å². The summed E-state index contributed by atoms with van der Waals surface area (Å²) in [6.45, 7) is -0.131. The highest BCUT2D eigenvalue weighted by Crippen LogP contribution is 2.31. The van der Waals surface area contributed by atoms with E-state index >= 15 is 0 Å². The fraction of sp³-hybridized carbons (Fsp3) is 0.222. The van der Waals surface area contributed by atoms with Crippen LogP contribution in [0.5, 0.6) is 5.75 Å². The quantitative estimate of drug-likeness (QED) is 0.844. The second-order valence-corrected chi connectivity index (χ2v) is 3.36. The molecule has 0 aromatic heterocycles. The van der Waals surface area contributed by atoms with Crippen LogP contribution >= 0.6 is 15.9 Å². The fourth-order valence-corrected chi connectivity index (χ4v) is 1.57. The van der Waals surface area contributed by atoms with Crippen LogP contribution in [0.3, 0.4) is 0 Å². The zero-order chi connectivity index (χ0) is 10.7. The number of methoxy groups -OCH3 is 1. The third-order valence-electron chi connectivity index (χ3n) is 1.74.